The average Bonchev–Trinajstić information content (AvgIpc) is 2.66. The topological polar surface area (TPSA) is 83.5 Å². The van der Waals surface area contributed by atoms with Crippen LogP contribution in [0.15, 0.2) is 34.1 Å². The van der Waals surface area contributed by atoms with E-state index >= 15 is 0 Å². The van der Waals surface area contributed by atoms with E-state index in [2.05, 4.69) is 5.32 Å². The second kappa shape index (κ2) is 9.74. The third kappa shape index (κ3) is 6.56. The van der Waals surface area contributed by atoms with Crippen LogP contribution in [-0.4, -0.2) is 36.9 Å². The van der Waals surface area contributed by atoms with Gasteiger partial charge < -0.3 is 10.4 Å². The molecule has 0 radical (unpaired) electrons. The average molecular weight is 564 g/mol. The van der Waals surface area contributed by atoms with Crippen molar-refractivity contribution in [1.82, 2.24) is 0 Å². The predicted molar refractivity (Wildman–Crippen MR) is 121 cm³/mol. The van der Waals surface area contributed by atoms with Crippen molar-refractivity contribution >= 4 is 44.8 Å². The Kier molecular flexibility index (Phi) is 8.10. The molecular weight excluding hydrogens is 544 g/mol. The molecule has 0 bridgehead atoms. The Hall–Kier alpha value is -2.12. The number of carbonyl (C=O) groups excluding carboxylic acids is 1. The van der Waals surface area contributed by atoms with E-state index in [1.165, 1.54) is 13.0 Å². The van der Waals surface area contributed by atoms with Crippen LogP contribution in [0.25, 0.3) is 0 Å². The molecule has 0 unspecified atom stereocenters. The minimum atomic E-state index is -5.69. The maximum atomic E-state index is 13.0. The number of anilines is 1. The number of halogens is 7. The summed E-state index contributed by atoms with van der Waals surface area (Å²) >= 11 is 6.32. The van der Waals surface area contributed by atoms with Crippen molar-refractivity contribution in [3.8, 4) is 5.75 Å². The minimum Gasteiger partial charge on any atom is -0.507 e. The minimum absolute atomic E-state index is 0.0367. The SMILES string of the molecule is Cc1c(SCC(F)(F)F)cc(C(C)(C)C)c(O)c1C(=O)Nc1ccc(S(=O)(=O)C(F)(F)F)cc1Cl. The van der Waals surface area contributed by atoms with Crippen molar-refractivity contribution in [3.05, 3.63) is 46.0 Å². The molecule has 2 rings (SSSR count). The van der Waals surface area contributed by atoms with Crippen LogP contribution in [0.5, 0.6) is 5.75 Å². The molecule has 0 aliphatic carbocycles. The van der Waals surface area contributed by atoms with Gasteiger partial charge >= 0.3 is 11.7 Å². The van der Waals surface area contributed by atoms with Gasteiger partial charge in [0.15, 0.2) is 0 Å². The number of rotatable bonds is 5. The zero-order valence-electron chi connectivity index (χ0n) is 18.7. The molecular formula is C21H20ClF6NO4S2. The number of amides is 1. The van der Waals surface area contributed by atoms with Crippen LogP contribution in [0.2, 0.25) is 5.02 Å². The van der Waals surface area contributed by atoms with Crippen molar-refractivity contribution in [2.75, 3.05) is 11.1 Å². The molecule has 35 heavy (non-hydrogen) atoms. The van der Waals surface area contributed by atoms with E-state index in [-0.39, 0.29) is 27.3 Å². The molecule has 0 saturated heterocycles. The molecule has 194 valence electrons. The van der Waals surface area contributed by atoms with Gasteiger partial charge in [-0.1, -0.05) is 32.4 Å². The number of hydrogen-bond donors (Lipinski definition) is 2. The lowest BCUT2D eigenvalue weighted by Gasteiger charge is -2.25. The summed E-state index contributed by atoms with van der Waals surface area (Å²) in [5.41, 5.74) is -6.74. The van der Waals surface area contributed by atoms with E-state index in [1.807, 2.05) is 0 Å². The summed E-state index contributed by atoms with van der Waals surface area (Å²) in [5, 5.41) is 12.5. The fourth-order valence-electron chi connectivity index (χ4n) is 2.99. The second-order valence-electron chi connectivity index (χ2n) is 8.47. The quantitative estimate of drug-likeness (QED) is 0.307. The molecule has 5 nitrogen and oxygen atoms in total. The Balaban J connectivity index is 2.54. The second-order valence-corrected chi connectivity index (χ2v) is 11.8. The summed E-state index contributed by atoms with van der Waals surface area (Å²) in [5.74, 6) is -2.74. The van der Waals surface area contributed by atoms with Crippen LogP contribution in [0.3, 0.4) is 0 Å². The highest BCUT2D eigenvalue weighted by Crippen LogP contribution is 2.42. The maximum absolute atomic E-state index is 13.0. The molecule has 2 aromatic rings. The maximum Gasteiger partial charge on any atom is 0.501 e. The van der Waals surface area contributed by atoms with Crippen LogP contribution in [0, 0.1) is 6.92 Å². The number of sulfone groups is 1. The Morgan fingerprint density at radius 3 is 2.11 bits per heavy atom. The molecule has 0 saturated carbocycles. The summed E-state index contributed by atoms with van der Waals surface area (Å²) in [6.07, 6.45) is -4.49. The first-order valence-electron chi connectivity index (χ1n) is 9.65. The van der Waals surface area contributed by atoms with Gasteiger partial charge in [-0.15, -0.1) is 11.8 Å². The number of phenols is 1. The van der Waals surface area contributed by atoms with Gasteiger partial charge in [0.1, 0.15) is 5.75 Å². The van der Waals surface area contributed by atoms with E-state index in [0.717, 1.165) is 6.07 Å². The summed E-state index contributed by atoms with van der Waals surface area (Å²) in [7, 11) is -5.69. The largest absolute Gasteiger partial charge is 0.507 e. The standard InChI is InChI=1S/C21H20ClF6NO4S2/c1-10-15(34-9-20(23,24)25)8-12(19(2,3)4)17(30)16(10)18(31)29-14-6-5-11(7-13(14)22)35(32,33)21(26,27)28/h5-8,30H,9H2,1-4H3,(H,29,31). The summed E-state index contributed by atoms with van der Waals surface area (Å²) in [6, 6.07) is 3.29. The van der Waals surface area contributed by atoms with E-state index in [4.69, 9.17) is 11.6 Å². The van der Waals surface area contributed by atoms with Gasteiger partial charge in [-0.05, 0) is 42.2 Å². The first kappa shape index (κ1) is 29.1. The smallest absolute Gasteiger partial charge is 0.501 e. The van der Waals surface area contributed by atoms with Crippen molar-refractivity contribution in [2.45, 2.75) is 54.6 Å². The number of thioether (sulfide) groups is 1. The molecule has 2 N–H and O–H groups in total. The molecule has 0 atom stereocenters. The fraction of sp³-hybridized carbons (Fsp3) is 0.381. The van der Waals surface area contributed by atoms with Gasteiger partial charge in [-0.2, -0.15) is 26.3 Å². The molecule has 0 heterocycles. The van der Waals surface area contributed by atoms with E-state index in [1.54, 1.807) is 20.8 Å². The summed E-state index contributed by atoms with van der Waals surface area (Å²) in [4.78, 5) is 12.0. The number of carbonyl (C=O) groups is 1. The van der Waals surface area contributed by atoms with Crippen molar-refractivity contribution in [3.63, 3.8) is 0 Å². The molecule has 0 aromatic heterocycles. The Morgan fingerprint density at radius 1 is 1.09 bits per heavy atom. The number of benzene rings is 2. The van der Waals surface area contributed by atoms with Gasteiger partial charge in [0.25, 0.3) is 15.7 Å². The van der Waals surface area contributed by atoms with Gasteiger partial charge in [0, 0.05) is 10.5 Å². The van der Waals surface area contributed by atoms with E-state index < -0.39 is 54.3 Å². The van der Waals surface area contributed by atoms with Crippen molar-refractivity contribution in [1.29, 1.82) is 0 Å². The van der Waals surface area contributed by atoms with Gasteiger partial charge in [-0.25, -0.2) is 8.42 Å². The number of aromatic hydroxyl groups is 1. The van der Waals surface area contributed by atoms with Crippen LogP contribution >= 0.6 is 23.4 Å². The first-order valence-corrected chi connectivity index (χ1v) is 12.5. The van der Waals surface area contributed by atoms with Gasteiger partial charge in [0.05, 0.1) is 26.9 Å². The Labute approximate surface area is 206 Å². The monoisotopic (exact) mass is 563 g/mol. The molecule has 0 fully saturated rings. The number of phenolic OH excluding ortho intramolecular Hbond substituents is 1. The highest BCUT2D eigenvalue weighted by Gasteiger charge is 2.47. The van der Waals surface area contributed by atoms with Crippen molar-refractivity contribution in [2.24, 2.45) is 0 Å². The van der Waals surface area contributed by atoms with Gasteiger partial charge in [0.2, 0.25) is 0 Å². The Bertz CT molecular complexity index is 1250. The number of alkyl halides is 6. The Morgan fingerprint density at radius 2 is 1.66 bits per heavy atom. The third-order valence-electron chi connectivity index (χ3n) is 4.74. The van der Waals surface area contributed by atoms with Gasteiger partial charge in [-0.3, -0.25) is 4.79 Å². The third-order valence-corrected chi connectivity index (χ3v) is 7.75. The zero-order valence-corrected chi connectivity index (χ0v) is 21.0. The highest BCUT2D eigenvalue weighted by molar-refractivity contribution is 7.99. The van der Waals surface area contributed by atoms with E-state index in [0.29, 0.717) is 23.9 Å². The van der Waals surface area contributed by atoms with Crippen LogP contribution < -0.4 is 5.32 Å². The van der Waals surface area contributed by atoms with Crippen molar-refractivity contribution < 1.29 is 44.7 Å². The summed E-state index contributed by atoms with van der Waals surface area (Å²) in [6.45, 7) is 6.36. The lowest BCUT2D eigenvalue weighted by Crippen LogP contribution is -2.23. The van der Waals surface area contributed by atoms with Crippen LogP contribution in [-0.2, 0) is 15.3 Å². The normalized spacial score (nSPS) is 13.1. The van der Waals surface area contributed by atoms with Crippen LogP contribution in [0.4, 0.5) is 32.0 Å². The molecule has 2 aromatic carbocycles. The summed E-state index contributed by atoms with van der Waals surface area (Å²) < 4.78 is 99.8. The lowest BCUT2D eigenvalue weighted by atomic mass is 9.84. The molecule has 0 spiro atoms. The van der Waals surface area contributed by atoms with Crippen LogP contribution in [0.1, 0.15) is 42.3 Å². The number of nitrogens with one attached hydrogen (secondary N) is 1. The highest BCUT2D eigenvalue weighted by atomic mass is 35.5. The molecule has 0 aliphatic rings. The lowest BCUT2D eigenvalue weighted by molar-refractivity contribution is -0.105. The first-order chi connectivity index (χ1) is 15.7. The van der Waals surface area contributed by atoms with E-state index in [9.17, 15) is 44.7 Å². The number of hydrogen-bond acceptors (Lipinski definition) is 5. The molecule has 1 amide bonds. The molecule has 0 aliphatic heterocycles. The predicted octanol–water partition coefficient (Wildman–Crippen LogP) is 6.85. The fourth-order valence-corrected chi connectivity index (χ4v) is 4.90. The molecule has 14 heteroatoms. The zero-order chi connectivity index (χ0) is 27.1.